The van der Waals surface area contributed by atoms with Gasteiger partial charge in [-0.2, -0.15) is 0 Å². The number of halogens is 1. The fraction of sp³-hybridized carbons (Fsp3) is 0.310. The van der Waals surface area contributed by atoms with Crippen LogP contribution in [-0.2, 0) is 6.54 Å². The summed E-state index contributed by atoms with van der Waals surface area (Å²) in [5, 5.41) is 5.33. The molecule has 1 N–H and O–H groups in total. The first-order valence-corrected chi connectivity index (χ1v) is 13.5. The van der Waals surface area contributed by atoms with Gasteiger partial charge in [0.25, 0.3) is 0 Å². The van der Waals surface area contributed by atoms with E-state index in [-0.39, 0.29) is 0 Å². The molecule has 1 saturated carbocycles. The maximum atomic E-state index is 6.92. The molecule has 7 heteroatoms. The Morgan fingerprint density at radius 3 is 2.56 bits per heavy atom. The number of hydrogen-bond donors (Lipinski definition) is 1. The second-order valence-electron chi connectivity index (χ2n) is 9.26. The van der Waals surface area contributed by atoms with Crippen LogP contribution in [0, 0.1) is 0 Å². The first kappa shape index (κ1) is 24.8. The van der Waals surface area contributed by atoms with Crippen LogP contribution in [0.25, 0.3) is 26.9 Å². The molecule has 0 bridgehead atoms. The van der Waals surface area contributed by atoms with Gasteiger partial charge in [-0.25, -0.2) is 9.97 Å². The minimum absolute atomic E-state index is 0.372. The predicted molar refractivity (Wildman–Crippen MR) is 151 cm³/mol. The standard InChI is InChI=1S/C29H31ClN4OS/c1-19(29-28(30)25-6-4-5-7-27(25)36-29)34(24-11-9-23(31-2)10-12-24)17-21-14-20(8-13-26(21)35-3)22-15-32-18-33-16-22/h4-8,13-16,18,23-24,31H,1,9-12,17H2,2-3H3/t23-,24-. The topological polar surface area (TPSA) is 50.3 Å². The maximum absolute atomic E-state index is 6.92. The van der Waals surface area contributed by atoms with Crippen LogP contribution < -0.4 is 10.1 Å². The molecule has 1 aliphatic rings. The van der Waals surface area contributed by atoms with Gasteiger partial charge in [-0.05, 0) is 56.5 Å². The van der Waals surface area contributed by atoms with E-state index in [4.69, 9.17) is 16.3 Å². The van der Waals surface area contributed by atoms with Crippen LogP contribution in [0.15, 0.2) is 67.8 Å². The zero-order valence-electron chi connectivity index (χ0n) is 20.7. The Morgan fingerprint density at radius 2 is 1.86 bits per heavy atom. The van der Waals surface area contributed by atoms with E-state index in [2.05, 4.69) is 64.1 Å². The Kier molecular flexibility index (Phi) is 7.56. The van der Waals surface area contributed by atoms with Crippen LogP contribution in [-0.4, -0.2) is 41.1 Å². The number of benzene rings is 2. The molecular formula is C29H31ClN4OS. The van der Waals surface area contributed by atoms with Gasteiger partial charge >= 0.3 is 0 Å². The molecule has 2 aromatic carbocycles. The minimum Gasteiger partial charge on any atom is -0.496 e. The van der Waals surface area contributed by atoms with Crippen LogP contribution >= 0.6 is 22.9 Å². The van der Waals surface area contributed by atoms with Gasteiger partial charge in [0, 0.05) is 57.9 Å². The van der Waals surface area contributed by atoms with Crippen LogP contribution in [0.5, 0.6) is 5.75 Å². The number of methoxy groups -OCH3 is 1. The van der Waals surface area contributed by atoms with Crippen molar-refractivity contribution in [2.24, 2.45) is 0 Å². The molecule has 1 aliphatic carbocycles. The molecule has 0 radical (unpaired) electrons. The Labute approximate surface area is 221 Å². The zero-order valence-corrected chi connectivity index (χ0v) is 22.3. The average Bonchev–Trinajstić information content (AvgIpc) is 3.28. The second-order valence-corrected chi connectivity index (χ2v) is 10.7. The van der Waals surface area contributed by atoms with Crippen LogP contribution in [0.2, 0.25) is 5.02 Å². The number of fused-ring (bicyclic) bond motifs is 1. The Balaban J connectivity index is 1.53. The van der Waals surface area contributed by atoms with Crippen LogP contribution in [0.3, 0.4) is 0 Å². The molecule has 0 unspecified atom stereocenters. The second kappa shape index (κ2) is 11.0. The molecule has 36 heavy (non-hydrogen) atoms. The third-order valence-corrected chi connectivity index (χ3v) is 8.93. The largest absolute Gasteiger partial charge is 0.496 e. The number of ether oxygens (including phenoxy) is 1. The lowest BCUT2D eigenvalue weighted by Gasteiger charge is -2.39. The highest BCUT2D eigenvalue weighted by Gasteiger charge is 2.29. The summed E-state index contributed by atoms with van der Waals surface area (Å²) in [5.74, 6) is 0.861. The highest BCUT2D eigenvalue weighted by atomic mass is 35.5. The van der Waals surface area contributed by atoms with Crippen molar-refractivity contribution in [3.8, 4) is 16.9 Å². The van der Waals surface area contributed by atoms with Crippen molar-refractivity contribution >= 4 is 38.7 Å². The van der Waals surface area contributed by atoms with Gasteiger partial charge in [0.2, 0.25) is 0 Å². The summed E-state index contributed by atoms with van der Waals surface area (Å²) in [4.78, 5) is 11.9. The molecule has 0 atom stereocenters. The molecule has 186 valence electrons. The molecule has 2 aromatic heterocycles. The monoisotopic (exact) mass is 518 g/mol. The van der Waals surface area contributed by atoms with Crippen molar-refractivity contribution in [2.45, 2.75) is 44.3 Å². The molecule has 0 spiro atoms. The van der Waals surface area contributed by atoms with Crippen molar-refractivity contribution in [2.75, 3.05) is 14.2 Å². The van der Waals surface area contributed by atoms with E-state index in [1.807, 2.05) is 24.5 Å². The van der Waals surface area contributed by atoms with Crippen molar-refractivity contribution in [3.63, 3.8) is 0 Å². The van der Waals surface area contributed by atoms with Gasteiger partial charge in [0.1, 0.15) is 12.1 Å². The van der Waals surface area contributed by atoms with E-state index in [1.165, 1.54) is 4.70 Å². The zero-order chi connectivity index (χ0) is 25.1. The maximum Gasteiger partial charge on any atom is 0.123 e. The lowest BCUT2D eigenvalue weighted by atomic mass is 9.89. The molecule has 5 nitrogen and oxygen atoms in total. The predicted octanol–water partition coefficient (Wildman–Crippen LogP) is 7.02. The number of aromatic nitrogens is 2. The summed E-state index contributed by atoms with van der Waals surface area (Å²) < 4.78 is 6.98. The van der Waals surface area contributed by atoms with Gasteiger partial charge in [-0.3, -0.25) is 0 Å². The number of rotatable bonds is 8. The Bertz CT molecular complexity index is 1350. The van der Waals surface area contributed by atoms with Crippen molar-refractivity contribution < 1.29 is 4.74 Å². The number of nitrogens with zero attached hydrogens (tertiary/aromatic N) is 3. The normalized spacial score (nSPS) is 17.8. The summed E-state index contributed by atoms with van der Waals surface area (Å²) in [6.45, 7) is 5.29. The van der Waals surface area contributed by atoms with E-state index < -0.39 is 0 Å². The number of hydrogen-bond acceptors (Lipinski definition) is 6. The van der Waals surface area contributed by atoms with Crippen molar-refractivity contribution in [1.82, 2.24) is 20.2 Å². The van der Waals surface area contributed by atoms with Gasteiger partial charge < -0.3 is 15.0 Å². The van der Waals surface area contributed by atoms with Gasteiger partial charge in [0.15, 0.2) is 0 Å². The van der Waals surface area contributed by atoms with Gasteiger partial charge in [-0.1, -0.05) is 42.4 Å². The summed E-state index contributed by atoms with van der Waals surface area (Å²) in [5.41, 5.74) is 4.13. The van der Waals surface area contributed by atoms with E-state index in [1.54, 1.807) is 24.8 Å². The Morgan fingerprint density at radius 1 is 1.11 bits per heavy atom. The van der Waals surface area contributed by atoms with Crippen LogP contribution in [0.1, 0.15) is 36.1 Å². The van der Waals surface area contributed by atoms with E-state index in [0.717, 1.165) is 69.1 Å². The minimum atomic E-state index is 0.372. The Hall–Kier alpha value is -2.93. The molecule has 0 amide bonds. The third-order valence-electron chi connectivity index (χ3n) is 7.20. The molecule has 1 fully saturated rings. The first-order chi connectivity index (χ1) is 17.6. The van der Waals surface area contributed by atoms with Gasteiger partial charge in [0.05, 0.1) is 17.0 Å². The van der Waals surface area contributed by atoms with E-state index in [9.17, 15) is 0 Å². The molecular weight excluding hydrogens is 488 g/mol. The fourth-order valence-corrected chi connectivity index (χ4v) is 6.69. The number of nitrogens with one attached hydrogen (secondary N) is 1. The summed E-state index contributed by atoms with van der Waals surface area (Å²) in [6.07, 6.45) is 9.71. The summed E-state index contributed by atoms with van der Waals surface area (Å²) >= 11 is 8.64. The highest BCUT2D eigenvalue weighted by Crippen LogP contribution is 2.42. The summed E-state index contributed by atoms with van der Waals surface area (Å²) in [6, 6.07) is 15.5. The quantitative estimate of drug-likeness (QED) is 0.271. The van der Waals surface area contributed by atoms with Crippen LogP contribution in [0.4, 0.5) is 0 Å². The summed E-state index contributed by atoms with van der Waals surface area (Å²) in [7, 11) is 3.78. The van der Waals surface area contributed by atoms with E-state index >= 15 is 0 Å². The third kappa shape index (κ3) is 4.99. The van der Waals surface area contributed by atoms with E-state index in [0.29, 0.717) is 18.6 Å². The smallest absolute Gasteiger partial charge is 0.123 e. The molecule has 2 heterocycles. The van der Waals surface area contributed by atoms with Crippen molar-refractivity contribution in [1.29, 1.82) is 0 Å². The fourth-order valence-electron chi connectivity index (χ4n) is 5.16. The highest BCUT2D eigenvalue weighted by molar-refractivity contribution is 7.20. The SMILES string of the molecule is C=C(c1sc2ccccc2c1Cl)N(Cc1cc(-c2cncnc2)ccc1OC)[C@H]1CC[C@H](NC)CC1. The van der Waals surface area contributed by atoms with Crippen molar-refractivity contribution in [3.05, 3.63) is 83.2 Å². The van der Waals surface area contributed by atoms with Gasteiger partial charge in [-0.15, -0.1) is 11.3 Å². The lowest BCUT2D eigenvalue weighted by molar-refractivity contribution is 0.203. The molecule has 0 aliphatic heterocycles. The first-order valence-electron chi connectivity index (χ1n) is 12.3. The molecule has 4 aromatic rings. The average molecular weight is 519 g/mol. The molecule has 0 saturated heterocycles. The lowest BCUT2D eigenvalue weighted by Crippen LogP contribution is -2.40. The number of thiophene rings is 1. The molecule has 5 rings (SSSR count).